The van der Waals surface area contributed by atoms with E-state index in [1.165, 1.54) is 0 Å². The fourth-order valence-electron chi connectivity index (χ4n) is 4.03. The number of rotatable bonds is 3. The second-order valence-corrected chi connectivity index (χ2v) is 8.12. The molecule has 6 heteroatoms. The Kier molecular flexibility index (Phi) is 3.69. The van der Waals surface area contributed by atoms with Crippen molar-refractivity contribution in [2.24, 2.45) is 0 Å². The largest absolute Gasteiger partial charge is 0.363 e. The van der Waals surface area contributed by atoms with E-state index in [1.807, 2.05) is 50.2 Å². The van der Waals surface area contributed by atoms with Gasteiger partial charge in [0.25, 0.3) is 5.91 Å². The van der Waals surface area contributed by atoms with Crippen LogP contribution in [-0.4, -0.2) is 25.9 Å². The van der Waals surface area contributed by atoms with Crippen LogP contribution in [0.5, 0.6) is 0 Å². The van der Waals surface area contributed by atoms with Gasteiger partial charge >= 0.3 is 0 Å². The summed E-state index contributed by atoms with van der Waals surface area (Å²) in [6, 6.07) is 14.6. The minimum Gasteiger partial charge on any atom is -0.363 e. The molecule has 5 rings (SSSR count). The Balaban J connectivity index is 1.73. The molecule has 1 radical (unpaired) electrons. The van der Waals surface area contributed by atoms with Crippen LogP contribution in [0.25, 0.3) is 11.0 Å². The van der Waals surface area contributed by atoms with E-state index in [-0.39, 0.29) is 11.9 Å². The van der Waals surface area contributed by atoms with Gasteiger partial charge in [0.2, 0.25) is 0 Å². The topological polar surface area (TPSA) is 69.2 Å². The van der Waals surface area contributed by atoms with Crippen LogP contribution < -0.4 is 0 Å². The predicted octanol–water partition coefficient (Wildman–Crippen LogP) is 4.14. The molecule has 2 atom stereocenters. The molecule has 2 aromatic carbocycles. The standard InChI is InChI=1S/C22H18N3O2S/c1-13-9-20(28-11-13)14(2)25-21(26)16-5-3-4-6-17(16)22(25,27)15-7-8-18-19(10-15)24-12-23-18/h3-11,14,27H,1-2H3,(H,23,24). The lowest BCUT2D eigenvalue weighted by atomic mass is 9.92. The zero-order valence-corrected chi connectivity index (χ0v) is 16.2. The molecule has 1 amide bonds. The third-order valence-electron chi connectivity index (χ3n) is 5.42. The van der Waals surface area contributed by atoms with Gasteiger partial charge in [0, 0.05) is 21.6 Å². The average molecular weight is 388 g/mol. The lowest BCUT2D eigenvalue weighted by Crippen LogP contribution is -2.45. The van der Waals surface area contributed by atoms with Gasteiger partial charge in [-0.25, -0.2) is 4.98 Å². The Labute approximate surface area is 166 Å². The summed E-state index contributed by atoms with van der Waals surface area (Å²) >= 11 is 1.60. The molecule has 139 valence electrons. The normalized spacial score (nSPS) is 20.0. The van der Waals surface area contributed by atoms with E-state index in [0.29, 0.717) is 22.2 Å². The molecule has 0 saturated carbocycles. The smallest absolute Gasteiger partial charge is 0.257 e. The molecule has 2 N–H and O–H groups in total. The number of aromatic nitrogens is 2. The third kappa shape index (κ3) is 2.28. The van der Waals surface area contributed by atoms with E-state index in [4.69, 9.17) is 0 Å². The molecule has 3 heterocycles. The summed E-state index contributed by atoms with van der Waals surface area (Å²) in [4.78, 5) is 23.1. The third-order valence-corrected chi connectivity index (χ3v) is 6.64. The fraction of sp³-hybridized carbons (Fsp3) is 0.182. The molecule has 0 spiro atoms. The van der Waals surface area contributed by atoms with Gasteiger partial charge in [-0.3, -0.25) is 9.69 Å². The van der Waals surface area contributed by atoms with Crippen molar-refractivity contribution in [3.63, 3.8) is 0 Å². The second kappa shape index (κ2) is 6.02. The predicted molar refractivity (Wildman–Crippen MR) is 108 cm³/mol. The number of carbonyl (C=O) groups excluding carboxylic acids is 1. The fourth-order valence-corrected chi connectivity index (χ4v) is 4.97. The number of hydrogen-bond donors (Lipinski definition) is 2. The average Bonchev–Trinajstić information content (AvgIpc) is 3.40. The van der Waals surface area contributed by atoms with Gasteiger partial charge < -0.3 is 10.1 Å². The maximum Gasteiger partial charge on any atom is 0.257 e. The number of thiophene rings is 1. The number of benzene rings is 2. The molecule has 2 unspecified atom stereocenters. The Hall–Kier alpha value is -2.96. The monoisotopic (exact) mass is 388 g/mol. The van der Waals surface area contributed by atoms with E-state index in [1.54, 1.807) is 22.3 Å². The number of aryl methyl sites for hydroxylation is 1. The van der Waals surface area contributed by atoms with Gasteiger partial charge in [0.05, 0.1) is 17.1 Å². The SMILES string of the molecule is Cc1csc(C(C)N2C(=O)c3ccccc3C2(O)c2ccc3[nH][c]nc3c2)c1. The molecule has 1 aliphatic rings. The minimum atomic E-state index is -1.57. The molecule has 5 nitrogen and oxygen atoms in total. The Morgan fingerprint density at radius 3 is 2.86 bits per heavy atom. The number of fused-ring (bicyclic) bond motifs is 2. The number of hydrogen-bond acceptors (Lipinski definition) is 4. The highest BCUT2D eigenvalue weighted by molar-refractivity contribution is 7.10. The van der Waals surface area contributed by atoms with Crippen LogP contribution in [0, 0.1) is 13.3 Å². The van der Waals surface area contributed by atoms with Crippen molar-refractivity contribution >= 4 is 28.3 Å². The highest BCUT2D eigenvalue weighted by Gasteiger charge is 2.52. The van der Waals surface area contributed by atoms with Crippen LogP contribution in [0.3, 0.4) is 0 Å². The first kappa shape index (κ1) is 17.2. The number of carbonyl (C=O) groups is 1. The zero-order valence-electron chi connectivity index (χ0n) is 15.4. The minimum absolute atomic E-state index is 0.176. The molecular weight excluding hydrogens is 370 g/mol. The number of nitrogens with one attached hydrogen (secondary N) is 1. The first-order valence-corrected chi connectivity index (χ1v) is 9.95. The van der Waals surface area contributed by atoms with Crippen LogP contribution >= 0.6 is 11.3 Å². The van der Waals surface area contributed by atoms with Gasteiger partial charge in [-0.2, -0.15) is 0 Å². The van der Waals surface area contributed by atoms with E-state index in [9.17, 15) is 9.90 Å². The molecule has 0 aliphatic carbocycles. The van der Waals surface area contributed by atoms with Gasteiger partial charge in [0.15, 0.2) is 12.1 Å². The van der Waals surface area contributed by atoms with Gasteiger partial charge in [-0.1, -0.05) is 24.3 Å². The van der Waals surface area contributed by atoms with E-state index in [2.05, 4.69) is 27.7 Å². The summed E-state index contributed by atoms with van der Waals surface area (Å²) in [5.41, 5.74) is 2.84. The van der Waals surface area contributed by atoms with Crippen molar-refractivity contribution in [2.75, 3.05) is 0 Å². The maximum absolute atomic E-state index is 13.4. The Morgan fingerprint density at radius 2 is 2.07 bits per heavy atom. The molecule has 2 aromatic heterocycles. The maximum atomic E-state index is 13.4. The van der Waals surface area contributed by atoms with Crippen molar-refractivity contribution in [1.82, 2.24) is 14.9 Å². The van der Waals surface area contributed by atoms with E-state index in [0.717, 1.165) is 16.0 Å². The quantitative estimate of drug-likeness (QED) is 0.554. The van der Waals surface area contributed by atoms with Crippen molar-refractivity contribution in [2.45, 2.75) is 25.6 Å². The van der Waals surface area contributed by atoms with Crippen LogP contribution in [0.15, 0.2) is 53.9 Å². The summed E-state index contributed by atoms with van der Waals surface area (Å²) < 4.78 is 0. The lowest BCUT2D eigenvalue weighted by molar-refractivity contribution is -0.0670. The van der Waals surface area contributed by atoms with Gasteiger partial charge in [-0.15, -0.1) is 11.3 Å². The summed E-state index contributed by atoms with van der Waals surface area (Å²) in [5, 5.41) is 14.1. The molecule has 0 saturated heterocycles. The number of amides is 1. The van der Waals surface area contributed by atoms with Crippen LogP contribution in [-0.2, 0) is 5.72 Å². The van der Waals surface area contributed by atoms with Crippen molar-refractivity contribution in [3.8, 4) is 0 Å². The molecule has 4 aromatic rings. The van der Waals surface area contributed by atoms with Crippen LogP contribution in [0.1, 0.15) is 44.9 Å². The van der Waals surface area contributed by atoms with E-state index < -0.39 is 5.72 Å². The summed E-state index contributed by atoms with van der Waals surface area (Å²) in [5.74, 6) is -0.176. The molecular formula is C22H18N3O2S. The van der Waals surface area contributed by atoms with Crippen LogP contribution in [0.2, 0.25) is 0 Å². The molecule has 28 heavy (non-hydrogen) atoms. The Morgan fingerprint density at radius 1 is 1.25 bits per heavy atom. The first-order valence-electron chi connectivity index (χ1n) is 9.07. The summed E-state index contributed by atoms with van der Waals surface area (Å²) in [6.45, 7) is 3.99. The Bertz CT molecular complexity index is 1210. The highest BCUT2D eigenvalue weighted by Crippen LogP contribution is 2.47. The van der Waals surface area contributed by atoms with Crippen molar-refractivity contribution in [3.05, 3.63) is 87.4 Å². The van der Waals surface area contributed by atoms with Crippen molar-refractivity contribution < 1.29 is 9.90 Å². The molecule has 1 aliphatic heterocycles. The number of nitrogens with zero attached hydrogens (tertiary/aromatic N) is 2. The molecule has 0 bridgehead atoms. The van der Waals surface area contributed by atoms with E-state index >= 15 is 0 Å². The molecule has 0 fully saturated rings. The van der Waals surface area contributed by atoms with Gasteiger partial charge in [0.1, 0.15) is 0 Å². The van der Waals surface area contributed by atoms with Crippen molar-refractivity contribution in [1.29, 1.82) is 0 Å². The lowest BCUT2D eigenvalue weighted by Gasteiger charge is -2.38. The van der Waals surface area contributed by atoms with Crippen LogP contribution in [0.4, 0.5) is 0 Å². The van der Waals surface area contributed by atoms with Gasteiger partial charge in [-0.05, 0) is 49.1 Å². The zero-order chi connectivity index (χ0) is 19.5. The summed E-state index contributed by atoms with van der Waals surface area (Å²) in [6.07, 6.45) is 2.72. The number of aromatic amines is 1. The highest BCUT2D eigenvalue weighted by atomic mass is 32.1. The number of aliphatic hydroxyl groups is 1. The summed E-state index contributed by atoms with van der Waals surface area (Å²) in [7, 11) is 0. The number of imidazole rings is 1. The second-order valence-electron chi connectivity index (χ2n) is 7.18. The number of H-pyrrole nitrogens is 1. The first-order chi connectivity index (χ1) is 13.5.